The smallest absolute Gasteiger partial charge is 0.264 e. The molecule has 0 saturated carbocycles. The molecule has 4 aromatic carbocycles. The van der Waals surface area contributed by atoms with E-state index in [0.29, 0.717) is 5.69 Å². The number of anilines is 1. The van der Waals surface area contributed by atoms with Crippen LogP contribution in [0.3, 0.4) is 0 Å². The number of carbonyl (C=O) groups excluding carboxylic acids is 2. The Kier molecular flexibility index (Phi) is 11.2. The predicted octanol–water partition coefficient (Wildman–Crippen LogP) is 6.73. The number of halogens is 1. The van der Waals surface area contributed by atoms with Crippen LogP contribution in [-0.4, -0.2) is 43.8 Å². The molecular weight excluding hydrogens is 650 g/mol. The highest BCUT2D eigenvalue weighted by atomic mass is 79.9. The van der Waals surface area contributed by atoms with E-state index in [1.807, 2.05) is 95.3 Å². The molecule has 0 fully saturated rings. The fourth-order valence-electron chi connectivity index (χ4n) is 5.12. The minimum Gasteiger partial charge on any atom is -0.352 e. The van der Waals surface area contributed by atoms with Crippen molar-refractivity contribution in [2.24, 2.45) is 0 Å². The van der Waals surface area contributed by atoms with Gasteiger partial charge in [0.1, 0.15) is 12.6 Å². The minimum atomic E-state index is -4.16. The van der Waals surface area contributed by atoms with E-state index in [-0.39, 0.29) is 29.8 Å². The lowest BCUT2D eigenvalue weighted by molar-refractivity contribution is -0.140. The van der Waals surface area contributed by atoms with Crippen molar-refractivity contribution in [1.29, 1.82) is 0 Å². The van der Waals surface area contributed by atoms with E-state index in [2.05, 4.69) is 21.2 Å². The molecule has 0 unspecified atom stereocenters. The van der Waals surface area contributed by atoms with Crippen molar-refractivity contribution in [3.05, 3.63) is 129 Å². The number of hydrogen-bond acceptors (Lipinski definition) is 4. The first kappa shape index (κ1) is 33.9. The van der Waals surface area contributed by atoms with Crippen molar-refractivity contribution in [1.82, 2.24) is 10.2 Å². The van der Waals surface area contributed by atoms with Crippen LogP contribution in [0.15, 0.2) is 106 Å². The van der Waals surface area contributed by atoms with Gasteiger partial charge < -0.3 is 10.2 Å². The molecule has 2 amide bonds. The summed E-state index contributed by atoms with van der Waals surface area (Å²) in [6, 6.07) is 28.0. The van der Waals surface area contributed by atoms with Crippen LogP contribution in [0.1, 0.15) is 41.7 Å². The Morgan fingerprint density at radius 1 is 0.822 bits per heavy atom. The SMILES string of the molecule is Cc1ccc(S(=O)(=O)N(CC(=O)N(Cc2cccc(Br)c2)[C@@H](Cc2ccccc2)C(=O)NC(C)C)c2cccc(C)c2C)cc1. The Hall–Kier alpha value is -3.95. The molecule has 0 aromatic heterocycles. The molecular formula is C36H40BrN3O4S. The zero-order valence-electron chi connectivity index (χ0n) is 26.3. The van der Waals surface area contributed by atoms with Gasteiger partial charge in [-0.2, -0.15) is 0 Å². The van der Waals surface area contributed by atoms with Gasteiger partial charge in [-0.15, -0.1) is 0 Å². The summed E-state index contributed by atoms with van der Waals surface area (Å²) in [6.45, 7) is 8.99. The van der Waals surface area contributed by atoms with Gasteiger partial charge in [0.25, 0.3) is 10.0 Å². The maximum Gasteiger partial charge on any atom is 0.264 e. The van der Waals surface area contributed by atoms with Crippen molar-refractivity contribution in [2.45, 2.75) is 64.6 Å². The highest BCUT2D eigenvalue weighted by molar-refractivity contribution is 9.10. The van der Waals surface area contributed by atoms with E-state index >= 15 is 0 Å². The van der Waals surface area contributed by atoms with Crippen LogP contribution in [0, 0.1) is 20.8 Å². The quantitative estimate of drug-likeness (QED) is 0.179. The van der Waals surface area contributed by atoms with Crippen LogP contribution >= 0.6 is 15.9 Å². The Morgan fingerprint density at radius 2 is 1.47 bits per heavy atom. The molecule has 0 bridgehead atoms. The van der Waals surface area contributed by atoms with Crippen molar-refractivity contribution in [3.63, 3.8) is 0 Å². The lowest BCUT2D eigenvalue weighted by Crippen LogP contribution is -2.54. The molecule has 0 aliphatic rings. The van der Waals surface area contributed by atoms with Crippen molar-refractivity contribution < 1.29 is 18.0 Å². The third kappa shape index (κ3) is 8.61. The average Bonchev–Trinajstić information content (AvgIpc) is 2.99. The molecule has 0 radical (unpaired) electrons. The summed E-state index contributed by atoms with van der Waals surface area (Å²) in [7, 11) is -4.16. The number of aryl methyl sites for hydroxylation is 2. The van der Waals surface area contributed by atoms with Gasteiger partial charge >= 0.3 is 0 Å². The number of rotatable bonds is 12. The third-order valence-electron chi connectivity index (χ3n) is 7.68. The van der Waals surface area contributed by atoms with Gasteiger partial charge in [0, 0.05) is 23.5 Å². The highest BCUT2D eigenvalue weighted by Gasteiger charge is 2.35. The number of benzene rings is 4. The Labute approximate surface area is 275 Å². The van der Waals surface area contributed by atoms with Crippen molar-refractivity contribution in [3.8, 4) is 0 Å². The lowest BCUT2D eigenvalue weighted by atomic mass is 10.0. The predicted molar refractivity (Wildman–Crippen MR) is 184 cm³/mol. The number of hydrogen-bond donors (Lipinski definition) is 1. The van der Waals surface area contributed by atoms with Crippen LogP contribution < -0.4 is 9.62 Å². The molecule has 0 spiro atoms. The summed E-state index contributed by atoms with van der Waals surface area (Å²) < 4.78 is 30.6. The van der Waals surface area contributed by atoms with E-state index in [9.17, 15) is 18.0 Å². The van der Waals surface area contributed by atoms with Crippen molar-refractivity contribution >= 4 is 43.5 Å². The average molecular weight is 691 g/mol. The topological polar surface area (TPSA) is 86.8 Å². The number of carbonyl (C=O) groups is 2. The standard InChI is InChI=1S/C36H40BrN3O4S/c1-25(2)38-36(42)34(22-29-12-7-6-8-13-29)39(23-30-14-10-15-31(37)21-30)35(41)24-40(33-16-9-11-27(4)28(33)5)45(43,44)32-19-17-26(3)18-20-32/h6-21,25,34H,22-24H2,1-5H3,(H,38,42)/t34-/m0/s1. The third-order valence-corrected chi connectivity index (χ3v) is 9.94. The number of amides is 2. The van der Waals surface area contributed by atoms with E-state index < -0.39 is 28.5 Å². The van der Waals surface area contributed by atoms with Crippen LogP contribution in [0.4, 0.5) is 5.69 Å². The zero-order valence-corrected chi connectivity index (χ0v) is 28.7. The molecule has 7 nitrogen and oxygen atoms in total. The van der Waals surface area contributed by atoms with E-state index in [4.69, 9.17) is 0 Å². The zero-order chi connectivity index (χ0) is 32.7. The molecule has 4 aromatic rings. The summed E-state index contributed by atoms with van der Waals surface area (Å²) in [5.74, 6) is -0.803. The van der Waals surface area contributed by atoms with E-state index in [1.165, 1.54) is 9.21 Å². The summed E-state index contributed by atoms with van der Waals surface area (Å²) in [5.41, 5.74) is 4.66. The summed E-state index contributed by atoms with van der Waals surface area (Å²) in [6.07, 6.45) is 0.257. The van der Waals surface area contributed by atoms with Crippen LogP contribution in [-0.2, 0) is 32.6 Å². The molecule has 45 heavy (non-hydrogen) atoms. The monoisotopic (exact) mass is 689 g/mol. The highest BCUT2D eigenvalue weighted by Crippen LogP contribution is 2.29. The van der Waals surface area contributed by atoms with E-state index in [1.54, 1.807) is 36.4 Å². The molecule has 4 rings (SSSR count). The van der Waals surface area contributed by atoms with Crippen molar-refractivity contribution in [2.75, 3.05) is 10.8 Å². The second-order valence-corrected chi connectivity index (χ2v) is 14.3. The second-order valence-electron chi connectivity index (χ2n) is 11.6. The fourth-order valence-corrected chi connectivity index (χ4v) is 7.04. The second kappa shape index (κ2) is 14.9. The van der Waals surface area contributed by atoms with Gasteiger partial charge in [-0.05, 0) is 87.2 Å². The maximum atomic E-state index is 14.6. The molecule has 9 heteroatoms. The first-order chi connectivity index (χ1) is 21.4. The normalized spacial score (nSPS) is 12.1. The molecule has 0 saturated heterocycles. The van der Waals surface area contributed by atoms with Crippen LogP contribution in [0.5, 0.6) is 0 Å². The van der Waals surface area contributed by atoms with Crippen LogP contribution in [0.2, 0.25) is 0 Å². The van der Waals surface area contributed by atoms with Gasteiger partial charge in [-0.1, -0.05) is 88.2 Å². The fraction of sp³-hybridized carbons (Fsp3) is 0.278. The molecule has 236 valence electrons. The molecule has 0 aliphatic heterocycles. The molecule has 0 heterocycles. The van der Waals surface area contributed by atoms with Gasteiger partial charge in [0.05, 0.1) is 10.6 Å². The largest absolute Gasteiger partial charge is 0.352 e. The number of nitrogens with one attached hydrogen (secondary N) is 1. The van der Waals surface area contributed by atoms with Gasteiger partial charge in [-0.25, -0.2) is 8.42 Å². The van der Waals surface area contributed by atoms with Gasteiger partial charge in [0.2, 0.25) is 11.8 Å². The number of sulfonamides is 1. The maximum absolute atomic E-state index is 14.6. The Bertz CT molecular complexity index is 1740. The molecule has 1 atom stereocenters. The van der Waals surface area contributed by atoms with Crippen LogP contribution in [0.25, 0.3) is 0 Å². The first-order valence-electron chi connectivity index (χ1n) is 14.9. The molecule has 1 N–H and O–H groups in total. The first-order valence-corrected chi connectivity index (χ1v) is 17.1. The number of nitrogens with zero attached hydrogens (tertiary/aromatic N) is 2. The van der Waals surface area contributed by atoms with Gasteiger partial charge in [0.15, 0.2) is 0 Å². The summed E-state index contributed by atoms with van der Waals surface area (Å²) in [5, 5.41) is 2.98. The molecule has 0 aliphatic carbocycles. The Morgan fingerprint density at radius 3 is 2.11 bits per heavy atom. The Balaban J connectivity index is 1.84. The minimum absolute atomic E-state index is 0.0822. The lowest BCUT2D eigenvalue weighted by Gasteiger charge is -2.34. The summed E-state index contributed by atoms with van der Waals surface area (Å²) >= 11 is 3.51. The van der Waals surface area contributed by atoms with Gasteiger partial charge in [-0.3, -0.25) is 13.9 Å². The van der Waals surface area contributed by atoms with E-state index in [0.717, 1.165) is 32.3 Å². The summed E-state index contributed by atoms with van der Waals surface area (Å²) in [4.78, 5) is 30.0.